The summed E-state index contributed by atoms with van der Waals surface area (Å²) in [5.41, 5.74) is 1.12. The van der Waals surface area contributed by atoms with Gasteiger partial charge in [-0.25, -0.2) is 4.39 Å². The molecule has 8 heteroatoms. The Morgan fingerprint density at radius 1 is 1.00 bits per heavy atom. The molecule has 4 aromatic rings. The molecule has 0 amide bonds. The van der Waals surface area contributed by atoms with Crippen LogP contribution in [0.25, 0.3) is 22.2 Å². The Morgan fingerprint density at radius 2 is 1.73 bits per heavy atom. The molecule has 3 nitrogen and oxygen atoms in total. The predicted molar refractivity (Wildman–Crippen MR) is 106 cm³/mol. The second-order valence-electron chi connectivity index (χ2n) is 6.71. The summed E-state index contributed by atoms with van der Waals surface area (Å²) in [5, 5.41) is 5.05. The van der Waals surface area contributed by atoms with Crippen LogP contribution in [0.15, 0.2) is 60.7 Å². The Labute approximate surface area is 173 Å². The zero-order valence-corrected chi connectivity index (χ0v) is 16.0. The van der Waals surface area contributed by atoms with E-state index in [-0.39, 0.29) is 17.1 Å². The number of benzene rings is 3. The number of aromatic nitrogens is 2. The summed E-state index contributed by atoms with van der Waals surface area (Å²) in [6.45, 7) is -0.163. The fourth-order valence-electron chi connectivity index (χ4n) is 3.32. The standard InChI is InChI=1S/C22H13ClF4N2O/c23-16-5-2-15(19(10-16)22(25,26)27)11-29-20-8-1-13(12-30)9-18(20)21(28-29)14-3-6-17(24)7-4-14/h1-10,12H,11H2. The minimum atomic E-state index is -4.58. The Morgan fingerprint density at radius 3 is 2.40 bits per heavy atom. The fraction of sp³-hybridized carbons (Fsp3) is 0.0909. The molecule has 0 bridgehead atoms. The second kappa shape index (κ2) is 7.57. The van der Waals surface area contributed by atoms with Gasteiger partial charge >= 0.3 is 6.18 Å². The first-order valence-electron chi connectivity index (χ1n) is 8.83. The number of rotatable bonds is 4. The zero-order valence-electron chi connectivity index (χ0n) is 15.3. The lowest BCUT2D eigenvalue weighted by Crippen LogP contribution is -2.12. The van der Waals surface area contributed by atoms with Crippen LogP contribution in [0.4, 0.5) is 17.6 Å². The molecule has 0 saturated carbocycles. The minimum Gasteiger partial charge on any atom is -0.298 e. The molecule has 0 N–H and O–H groups in total. The van der Waals surface area contributed by atoms with Crippen LogP contribution < -0.4 is 0 Å². The molecule has 0 saturated heterocycles. The topological polar surface area (TPSA) is 34.9 Å². The largest absolute Gasteiger partial charge is 0.416 e. The van der Waals surface area contributed by atoms with E-state index in [2.05, 4.69) is 5.10 Å². The maximum atomic E-state index is 13.5. The van der Waals surface area contributed by atoms with Gasteiger partial charge in [-0.2, -0.15) is 18.3 Å². The first-order valence-corrected chi connectivity index (χ1v) is 9.21. The predicted octanol–water partition coefficient (Wildman–Crippen LogP) is 6.38. The molecule has 0 spiro atoms. The third kappa shape index (κ3) is 3.80. The van der Waals surface area contributed by atoms with Crippen molar-refractivity contribution in [2.24, 2.45) is 0 Å². The molecule has 0 aliphatic heterocycles. The van der Waals surface area contributed by atoms with Gasteiger partial charge in [0.25, 0.3) is 0 Å². The van der Waals surface area contributed by atoms with E-state index in [1.54, 1.807) is 18.2 Å². The Hall–Kier alpha value is -3.19. The number of fused-ring (bicyclic) bond motifs is 1. The third-order valence-electron chi connectivity index (χ3n) is 4.73. The Balaban J connectivity index is 1.89. The number of halogens is 5. The van der Waals surface area contributed by atoms with Gasteiger partial charge in [0, 0.05) is 21.5 Å². The van der Waals surface area contributed by atoms with Crippen molar-refractivity contribution in [3.8, 4) is 11.3 Å². The van der Waals surface area contributed by atoms with Crippen molar-refractivity contribution in [2.45, 2.75) is 12.7 Å². The molecule has 0 aliphatic rings. The normalized spacial score (nSPS) is 11.8. The van der Waals surface area contributed by atoms with Crippen molar-refractivity contribution < 1.29 is 22.4 Å². The van der Waals surface area contributed by atoms with E-state index in [0.29, 0.717) is 34.0 Å². The minimum absolute atomic E-state index is 0.00131. The maximum Gasteiger partial charge on any atom is 0.416 e. The van der Waals surface area contributed by atoms with E-state index in [0.717, 1.165) is 6.07 Å². The lowest BCUT2D eigenvalue weighted by molar-refractivity contribution is -0.138. The highest BCUT2D eigenvalue weighted by Crippen LogP contribution is 2.35. The Kier molecular flexibility index (Phi) is 5.07. The average Bonchev–Trinajstić information content (AvgIpc) is 3.06. The van der Waals surface area contributed by atoms with E-state index in [9.17, 15) is 22.4 Å². The maximum absolute atomic E-state index is 13.5. The second-order valence-corrected chi connectivity index (χ2v) is 7.14. The number of hydrogen-bond donors (Lipinski definition) is 0. The van der Waals surface area contributed by atoms with E-state index in [1.165, 1.54) is 41.1 Å². The van der Waals surface area contributed by atoms with Crippen LogP contribution in [0.2, 0.25) is 5.02 Å². The number of alkyl halides is 3. The fourth-order valence-corrected chi connectivity index (χ4v) is 3.50. The van der Waals surface area contributed by atoms with Crippen molar-refractivity contribution in [3.05, 3.63) is 88.2 Å². The molecule has 3 aromatic carbocycles. The van der Waals surface area contributed by atoms with Crippen LogP contribution in [-0.4, -0.2) is 16.1 Å². The number of hydrogen-bond acceptors (Lipinski definition) is 2. The van der Waals surface area contributed by atoms with Gasteiger partial charge in [-0.15, -0.1) is 0 Å². The van der Waals surface area contributed by atoms with E-state index >= 15 is 0 Å². The quantitative estimate of drug-likeness (QED) is 0.277. The number of carbonyl (C=O) groups is 1. The summed E-state index contributed by atoms with van der Waals surface area (Å²) in [4.78, 5) is 11.2. The molecule has 152 valence electrons. The van der Waals surface area contributed by atoms with Gasteiger partial charge in [0.05, 0.1) is 17.6 Å². The van der Waals surface area contributed by atoms with Crippen molar-refractivity contribution in [1.82, 2.24) is 9.78 Å². The lowest BCUT2D eigenvalue weighted by atomic mass is 10.1. The molecule has 0 unspecified atom stereocenters. The zero-order chi connectivity index (χ0) is 21.5. The first kappa shape index (κ1) is 20.1. The molecule has 1 heterocycles. The Bertz CT molecular complexity index is 1250. The van der Waals surface area contributed by atoms with Crippen molar-refractivity contribution >= 4 is 28.8 Å². The number of aldehydes is 1. The van der Waals surface area contributed by atoms with Crippen LogP contribution in [-0.2, 0) is 12.7 Å². The van der Waals surface area contributed by atoms with Gasteiger partial charge in [0.1, 0.15) is 17.8 Å². The van der Waals surface area contributed by atoms with E-state index in [1.807, 2.05) is 0 Å². The molecule has 30 heavy (non-hydrogen) atoms. The summed E-state index contributed by atoms with van der Waals surface area (Å²) < 4.78 is 55.2. The average molecular weight is 433 g/mol. The van der Waals surface area contributed by atoms with Gasteiger partial charge in [0.2, 0.25) is 0 Å². The van der Waals surface area contributed by atoms with E-state index < -0.39 is 17.6 Å². The molecule has 0 radical (unpaired) electrons. The smallest absolute Gasteiger partial charge is 0.298 e. The number of nitrogens with zero attached hydrogens (tertiary/aromatic N) is 2. The van der Waals surface area contributed by atoms with Gasteiger partial charge in [-0.3, -0.25) is 9.48 Å². The van der Waals surface area contributed by atoms with Gasteiger partial charge in [0.15, 0.2) is 0 Å². The summed E-state index contributed by atoms with van der Waals surface area (Å²) in [6, 6.07) is 14.0. The number of carbonyl (C=O) groups excluding carboxylic acids is 1. The van der Waals surface area contributed by atoms with E-state index in [4.69, 9.17) is 11.6 Å². The van der Waals surface area contributed by atoms with Crippen LogP contribution in [0, 0.1) is 5.82 Å². The third-order valence-corrected chi connectivity index (χ3v) is 4.96. The summed E-state index contributed by atoms with van der Waals surface area (Å²) in [6.07, 6.45) is -3.90. The molecule has 0 atom stereocenters. The van der Waals surface area contributed by atoms with Gasteiger partial charge < -0.3 is 0 Å². The summed E-state index contributed by atoms with van der Waals surface area (Å²) in [7, 11) is 0. The molecule has 0 fully saturated rings. The van der Waals surface area contributed by atoms with Crippen molar-refractivity contribution in [1.29, 1.82) is 0 Å². The molecule has 1 aromatic heterocycles. The molecule has 4 rings (SSSR count). The molecular formula is C22H13ClF4N2O. The summed E-state index contributed by atoms with van der Waals surface area (Å²) in [5.74, 6) is -0.424. The van der Waals surface area contributed by atoms with Gasteiger partial charge in [-0.05, 0) is 60.2 Å². The van der Waals surface area contributed by atoms with Crippen LogP contribution in [0.5, 0.6) is 0 Å². The van der Waals surface area contributed by atoms with Crippen molar-refractivity contribution in [3.63, 3.8) is 0 Å². The highest BCUT2D eigenvalue weighted by atomic mass is 35.5. The van der Waals surface area contributed by atoms with Crippen LogP contribution in [0.1, 0.15) is 21.5 Å². The highest BCUT2D eigenvalue weighted by molar-refractivity contribution is 6.30. The first-order chi connectivity index (χ1) is 14.3. The lowest BCUT2D eigenvalue weighted by Gasteiger charge is -2.14. The molecular weight excluding hydrogens is 420 g/mol. The van der Waals surface area contributed by atoms with Crippen LogP contribution >= 0.6 is 11.6 Å². The summed E-state index contributed by atoms with van der Waals surface area (Å²) >= 11 is 5.77. The monoisotopic (exact) mass is 432 g/mol. The highest BCUT2D eigenvalue weighted by Gasteiger charge is 2.33. The molecule has 0 aliphatic carbocycles. The van der Waals surface area contributed by atoms with Gasteiger partial charge in [-0.1, -0.05) is 17.7 Å². The SMILES string of the molecule is O=Cc1ccc2c(c1)c(-c1ccc(F)cc1)nn2Cc1ccc(Cl)cc1C(F)(F)F. The van der Waals surface area contributed by atoms with Crippen LogP contribution in [0.3, 0.4) is 0 Å². The van der Waals surface area contributed by atoms with Crippen molar-refractivity contribution in [2.75, 3.05) is 0 Å².